The highest BCUT2D eigenvalue weighted by atomic mass is 19.4. The summed E-state index contributed by atoms with van der Waals surface area (Å²) in [4.78, 5) is 26.5. The zero-order chi connectivity index (χ0) is 20.6. The van der Waals surface area contributed by atoms with Gasteiger partial charge in [0.25, 0.3) is 5.56 Å². The fraction of sp³-hybridized carbons (Fsp3) is 0.400. The van der Waals surface area contributed by atoms with Crippen molar-refractivity contribution >= 4 is 11.6 Å². The van der Waals surface area contributed by atoms with E-state index in [1.165, 1.54) is 12.1 Å². The Hall–Kier alpha value is -2.81. The average molecular weight is 407 g/mol. The van der Waals surface area contributed by atoms with Crippen molar-refractivity contribution in [3.8, 4) is 5.75 Å². The van der Waals surface area contributed by atoms with Crippen molar-refractivity contribution in [1.82, 2.24) is 9.47 Å². The third-order valence-electron chi connectivity index (χ3n) is 5.29. The number of aromatic nitrogens is 1. The molecule has 2 bridgehead atoms. The first-order valence-electron chi connectivity index (χ1n) is 9.34. The van der Waals surface area contributed by atoms with Crippen LogP contribution in [0.25, 0.3) is 0 Å². The van der Waals surface area contributed by atoms with Gasteiger partial charge in [0, 0.05) is 43.0 Å². The summed E-state index contributed by atoms with van der Waals surface area (Å²) >= 11 is 0. The molecule has 0 radical (unpaired) electrons. The van der Waals surface area contributed by atoms with Gasteiger partial charge in [-0.05, 0) is 42.7 Å². The Kier molecular flexibility index (Phi) is 5.08. The topological polar surface area (TPSA) is 63.6 Å². The van der Waals surface area contributed by atoms with Crippen molar-refractivity contribution in [3.05, 3.63) is 58.5 Å². The normalized spacial score (nSPS) is 21.3. The predicted molar refractivity (Wildman–Crippen MR) is 99.7 cm³/mol. The molecule has 6 nitrogen and oxygen atoms in total. The fourth-order valence-electron chi connectivity index (χ4n) is 4.27. The number of fused-ring (bicyclic) bond motifs is 4. The molecule has 154 valence electrons. The van der Waals surface area contributed by atoms with Gasteiger partial charge in [0.1, 0.15) is 5.75 Å². The van der Waals surface area contributed by atoms with Gasteiger partial charge in [-0.2, -0.15) is 0 Å². The number of carbonyl (C=O) groups is 1. The van der Waals surface area contributed by atoms with Gasteiger partial charge in [0.2, 0.25) is 5.91 Å². The number of amides is 1. The molecule has 2 aliphatic rings. The second-order valence-electron chi connectivity index (χ2n) is 7.51. The number of ether oxygens (including phenoxy) is 1. The summed E-state index contributed by atoms with van der Waals surface area (Å²) in [6.45, 7) is 2.25. The first-order chi connectivity index (χ1) is 13.8. The number of pyridine rings is 1. The molecule has 0 aliphatic carbocycles. The van der Waals surface area contributed by atoms with Gasteiger partial charge in [-0.15, -0.1) is 13.2 Å². The van der Waals surface area contributed by atoms with Crippen LogP contribution in [0.3, 0.4) is 0 Å². The Morgan fingerprint density at radius 2 is 1.86 bits per heavy atom. The first kappa shape index (κ1) is 19.5. The van der Waals surface area contributed by atoms with E-state index < -0.39 is 6.36 Å². The molecule has 1 N–H and O–H groups in total. The maximum absolute atomic E-state index is 12.4. The highest BCUT2D eigenvalue weighted by molar-refractivity contribution is 5.92. The summed E-state index contributed by atoms with van der Waals surface area (Å²) in [7, 11) is 0. The van der Waals surface area contributed by atoms with E-state index in [9.17, 15) is 22.8 Å². The maximum Gasteiger partial charge on any atom is 0.573 e. The molecule has 2 atom stereocenters. The molecule has 9 heteroatoms. The minimum atomic E-state index is -4.75. The number of piperidine rings is 1. The monoisotopic (exact) mass is 407 g/mol. The summed E-state index contributed by atoms with van der Waals surface area (Å²) in [5, 5.41) is 2.70. The van der Waals surface area contributed by atoms with Crippen molar-refractivity contribution in [2.75, 3.05) is 25.0 Å². The second-order valence-corrected chi connectivity index (χ2v) is 7.51. The van der Waals surface area contributed by atoms with Gasteiger partial charge in [0.05, 0.1) is 6.54 Å². The number of anilines is 1. The summed E-state index contributed by atoms with van der Waals surface area (Å²) in [6, 6.07) is 10.4. The van der Waals surface area contributed by atoms with Crippen LogP contribution in [0.15, 0.2) is 47.3 Å². The average Bonchev–Trinajstić information content (AvgIpc) is 2.63. The number of halogens is 3. The SMILES string of the molecule is O=C(CN1C[C@@H]2C[C@H](C1)c1cccc(=O)n1C2)Nc1ccc(OC(F)(F)F)cc1. The van der Waals surface area contributed by atoms with Crippen molar-refractivity contribution in [1.29, 1.82) is 0 Å². The molecule has 1 fully saturated rings. The lowest BCUT2D eigenvalue weighted by molar-refractivity contribution is -0.274. The van der Waals surface area contributed by atoms with Crippen molar-refractivity contribution in [2.24, 2.45) is 5.92 Å². The van der Waals surface area contributed by atoms with E-state index in [1.54, 1.807) is 12.1 Å². The molecule has 0 spiro atoms. The molecule has 29 heavy (non-hydrogen) atoms. The van der Waals surface area contributed by atoms with Crippen LogP contribution in [0.5, 0.6) is 5.75 Å². The number of hydrogen-bond donors (Lipinski definition) is 1. The Labute approximate surface area is 164 Å². The van der Waals surface area contributed by atoms with E-state index in [1.807, 2.05) is 10.6 Å². The number of carbonyl (C=O) groups excluding carboxylic acids is 1. The van der Waals surface area contributed by atoms with Gasteiger partial charge in [0.15, 0.2) is 0 Å². The van der Waals surface area contributed by atoms with Gasteiger partial charge in [-0.1, -0.05) is 6.07 Å². The molecule has 2 aromatic rings. The molecule has 1 aromatic carbocycles. The van der Waals surface area contributed by atoms with Crippen molar-refractivity contribution in [3.63, 3.8) is 0 Å². The number of benzene rings is 1. The summed E-state index contributed by atoms with van der Waals surface area (Å²) in [5.41, 5.74) is 1.43. The van der Waals surface area contributed by atoms with E-state index in [-0.39, 0.29) is 29.7 Å². The van der Waals surface area contributed by atoms with Gasteiger partial charge in [-0.3, -0.25) is 14.5 Å². The predicted octanol–water partition coefficient (Wildman–Crippen LogP) is 2.80. The largest absolute Gasteiger partial charge is 0.573 e. The lowest BCUT2D eigenvalue weighted by Crippen LogP contribution is -2.49. The van der Waals surface area contributed by atoms with Crippen LogP contribution in [-0.2, 0) is 11.3 Å². The maximum atomic E-state index is 12.4. The van der Waals surface area contributed by atoms with Crippen LogP contribution in [0.4, 0.5) is 18.9 Å². The van der Waals surface area contributed by atoms with Crippen LogP contribution in [-0.4, -0.2) is 41.4 Å². The number of hydrogen-bond acceptors (Lipinski definition) is 4. The Morgan fingerprint density at radius 1 is 1.10 bits per heavy atom. The number of alkyl halides is 3. The van der Waals surface area contributed by atoms with Crippen LogP contribution in [0.2, 0.25) is 0 Å². The number of likely N-dealkylation sites (tertiary alicyclic amines) is 1. The third-order valence-corrected chi connectivity index (χ3v) is 5.29. The number of nitrogens with zero attached hydrogens (tertiary/aromatic N) is 2. The lowest BCUT2D eigenvalue weighted by Gasteiger charge is -2.42. The quantitative estimate of drug-likeness (QED) is 0.847. The highest BCUT2D eigenvalue weighted by Crippen LogP contribution is 2.34. The van der Waals surface area contributed by atoms with E-state index in [2.05, 4.69) is 15.0 Å². The molecule has 3 heterocycles. The molecule has 1 aromatic heterocycles. The Bertz CT molecular complexity index is 956. The second kappa shape index (κ2) is 7.55. The molecule has 2 aliphatic heterocycles. The molecule has 1 saturated heterocycles. The molecule has 4 rings (SSSR count). The standard InChI is InChI=1S/C20H20F3N3O3/c21-20(22,23)29-16-6-4-15(5-7-16)24-18(27)12-25-9-13-8-14(11-25)17-2-1-3-19(28)26(17)10-13/h1-7,13-14H,8-12H2,(H,24,27)/t13-,14+/m0/s1. The van der Waals surface area contributed by atoms with Crippen LogP contribution >= 0.6 is 0 Å². The summed E-state index contributed by atoms with van der Waals surface area (Å²) < 4.78 is 42.3. The smallest absolute Gasteiger partial charge is 0.406 e. The van der Waals surface area contributed by atoms with E-state index in [4.69, 9.17) is 0 Å². The zero-order valence-electron chi connectivity index (χ0n) is 15.5. The van der Waals surface area contributed by atoms with Crippen LogP contribution in [0, 0.1) is 5.92 Å². The molecular formula is C20H20F3N3O3. The van der Waals surface area contributed by atoms with Gasteiger partial charge >= 0.3 is 6.36 Å². The summed E-state index contributed by atoms with van der Waals surface area (Å²) in [5.74, 6) is -0.0517. The number of rotatable bonds is 4. The van der Waals surface area contributed by atoms with Crippen LogP contribution < -0.4 is 15.6 Å². The third kappa shape index (κ3) is 4.61. The minimum Gasteiger partial charge on any atom is -0.406 e. The fourth-order valence-corrected chi connectivity index (χ4v) is 4.27. The zero-order valence-corrected chi connectivity index (χ0v) is 15.5. The molecule has 1 amide bonds. The highest BCUT2D eigenvalue weighted by Gasteiger charge is 2.35. The number of nitrogens with one attached hydrogen (secondary N) is 1. The van der Waals surface area contributed by atoms with Crippen LogP contribution in [0.1, 0.15) is 18.0 Å². The lowest BCUT2D eigenvalue weighted by atomic mass is 9.83. The van der Waals surface area contributed by atoms with E-state index in [0.717, 1.165) is 30.8 Å². The van der Waals surface area contributed by atoms with Crippen molar-refractivity contribution < 1.29 is 22.7 Å². The Balaban J connectivity index is 1.36. The van der Waals surface area contributed by atoms with Crippen molar-refractivity contribution in [2.45, 2.75) is 25.2 Å². The molecule has 0 unspecified atom stereocenters. The van der Waals surface area contributed by atoms with Gasteiger partial charge in [-0.25, -0.2) is 0 Å². The first-order valence-corrected chi connectivity index (χ1v) is 9.34. The van der Waals surface area contributed by atoms with Gasteiger partial charge < -0.3 is 14.6 Å². The molecular weight excluding hydrogens is 387 g/mol. The molecule has 0 saturated carbocycles. The van der Waals surface area contributed by atoms with E-state index in [0.29, 0.717) is 24.7 Å². The van der Waals surface area contributed by atoms with E-state index >= 15 is 0 Å². The minimum absolute atomic E-state index is 0.0151. The summed E-state index contributed by atoms with van der Waals surface area (Å²) in [6.07, 6.45) is -3.75. The Morgan fingerprint density at radius 3 is 2.59 bits per heavy atom.